The molecule has 4 atom stereocenters. The summed E-state index contributed by atoms with van der Waals surface area (Å²) in [5.74, 6) is -4.67. The summed E-state index contributed by atoms with van der Waals surface area (Å²) in [6.07, 6.45) is 0.0155. The highest BCUT2D eigenvalue weighted by atomic mass is 16.5. The van der Waals surface area contributed by atoms with E-state index < -0.39 is 79.3 Å². The monoisotopic (exact) mass is 787 g/mol. The first-order chi connectivity index (χ1) is 27.2. The van der Waals surface area contributed by atoms with Gasteiger partial charge in [0.15, 0.2) is 0 Å². The molecule has 0 aromatic heterocycles. The predicted octanol–water partition coefficient (Wildman–Crippen LogP) is 0.295. The Kier molecular flexibility index (Phi) is 18.3. The van der Waals surface area contributed by atoms with Gasteiger partial charge in [0.05, 0.1) is 25.8 Å². The Morgan fingerprint density at radius 2 is 1.25 bits per heavy atom. The van der Waals surface area contributed by atoms with Crippen LogP contribution in [0.15, 0.2) is 91.0 Å². The van der Waals surface area contributed by atoms with Crippen molar-refractivity contribution in [3.8, 4) is 0 Å². The van der Waals surface area contributed by atoms with E-state index in [9.17, 15) is 38.7 Å². The lowest BCUT2D eigenvalue weighted by molar-refractivity contribution is -0.146. The number of benzene rings is 3. The standard InChI is InChI=1S/C41H53N7O9/c1-28(39(42)54)43-40(55)34(22-31-14-8-5-9-15-31)45-41(56)35(27-49)44-36(51)24-48(29(2)33-18-12-7-13-19-33)38(53)26-47(23-32-16-10-6-11-17-32)37(52)25-46(30(3)50)20-21-57-4/h5-19,28-29,34-35,49H,20-27H2,1-4H3,(H2,42,54)(H,43,55)(H,44,51)(H,45,56). The summed E-state index contributed by atoms with van der Waals surface area (Å²) in [4.78, 5) is 96.2. The molecule has 0 aliphatic carbocycles. The van der Waals surface area contributed by atoms with Crippen LogP contribution in [0, 0.1) is 0 Å². The molecule has 0 spiro atoms. The Hall–Kier alpha value is -6.13. The van der Waals surface area contributed by atoms with Crippen LogP contribution in [0.25, 0.3) is 0 Å². The number of ether oxygens (including phenoxy) is 1. The maximum absolute atomic E-state index is 14.3. The average Bonchev–Trinajstić information content (AvgIpc) is 3.20. The van der Waals surface area contributed by atoms with E-state index in [0.717, 1.165) is 5.56 Å². The van der Waals surface area contributed by atoms with Crippen molar-refractivity contribution in [3.05, 3.63) is 108 Å². The molecule has 0 saturated heterocycles. The largest absolute Gasteiger partial charge is 0.394 e. The molecule has 6 N–H and O–H groups in total. The average molecular weight is 788 g/mol. The normalized spacial score (nSPS) is 12.9. The summed E-state index contributed by atoms with van der Waals surface area (Å²) in [6.45, 7) is 2.62. The van der Waals surface area contributed by atoms with Crippen LogP contribution in [-0.2, 0) is 51.3 Å². The molecule has 0 radical (unpaired) electrons. The number of aliphatic hydroxyl groups excluding tert-OH is 1. The van der Waals surface area contributed by atoms with Gasteiger partial charge >= 0.3 is 0 Å². The zero-order valence-corrected chi connectivity index (χ0v) is 32.8. The number of hydrogen-bond donors (Lipinski definition) is 5. The van der Waals surface area contributed by atoms with Crippen molar-refractivity contribution in [1.82, 2.24) is 30.7 Å². The van der Waals surface area contributed by atoms with E-state index in [1.807, 2.05) is 6.07 Å². The third-order valence-corrected chi connectivity index (χ3v) is 9.15. The lowest BCUT2D eigenvalue weighted by Crippen LogP contribution is -2.58. The van der Waals surface area contributed by atoms with Crippen LogP contribution < -0.4 is 21.7 Å². The number of primary amides is 1. The molecule has 3 rings (SSSR count). The summed E-state index contributed by atoms with van der Waals surface area (Å²) in [6, 6.07) is 22.1. The third kappa shape index (κ3) is 14.8. The molecule has 306 valence electrons. The topological polar surface area (TPSA) is 221 Å². The number of hydrogen-bond acceptors (Lipinski definition) is 9. The van der Waals surface area contributed by atoms with E-state index >= 15 is 0 Å². The van der Waals surface area contributed by atoms with Gasteiger partial charge in [0.2, 0.25) is 41.4 Å². The highest BCUT2D eigenvalue weighted by Gasteiger charge is 2.32. The van der Waals surface area contributed by atoms with Gasteiger partial charge in [-0.05, 0) is 30.5 Å². The third-order valence-electron chi connectivity index (χ3n) is 9.15. The van der Waals surface area contributed by atoms with Gasteiger partial charge in [-0.2, -0.15) is 0 Å². The van der Waals surface area contributed by atoms with Crippen molar-refractivity contribution in [2.24, 2.45) is 5.73 Å². The van der Waals surface area contributed by atoms with Crippen molar-refractivity contribution in [2.45, 2.75) is 57.9 Å². The van der Waals surface area contributed by atoms with Gasteiger partial charge in [-0.25, -0.2) is 0 Å². The van der Waals surface area contributed by atoms with Crippen LogP contribution in [0.3, 0.4) is 0 Å². The number of carbonyl (C=O) groups excluding carboxylic acids is 7. The van der Waals surface area contributed by atoms with E-state index in [1.54, 1.807) is 91.9 Å². The number of nitrogens with one attached hydrogen (secondary N) is 3. The minimum absolute atomic E-state index is 0.0155. The Bertz CT molecular complexity index is 1800. The number of amides is 7. The molecule has 0 bridgehead atoms. The maximum Gasteiger partial charge on any atom is 0.245 e. The van der Waals surface area contributed by atoms with Gasteiger partial charge in [0.25, 0.3) is 0 Å². The Morgan fingerprint density at radius 3 is 1.79 bits per heavy atom. The van der Waals surface area contributed by atoms with Crippen LogP contribution in [-0.4, -0.2) is 126 Å². The lowest BCUT2D eigenvalue weighted by Gasteiger charge is -2.33. The molecule has 16 nitrogen and oxygen atoms in total. The summed E-state index contributed by atoms with van der Waals surface area (Å²) >= 11 is 0. The first kappa shape index (κ1) is 45.3. The van der Waals surface area contributed by atoms with Gasteiger partial charge in [-0.3, -0.25) is 33.6 Å². The summed E-state index contributed by atoms with van der Waals surface area (Å²) in [5.41, 5.74) is 7.41. The minimum atomic E-state index is -1.54. The first-order valence-electron chi connectivity index (χ1n) is 18.5. The number of aliphatic hydroxyl groups is 1. The number of methoxy groups -OCH3 is 1. The molecule has 0 aliphatic heterocycles. The maximum atomic E-state index is 14.3. The van der Waals surface area contributed by atoms with Crippen LogP contribution in [0.2, 0.25) is 0 Å². The minimum Gasteiger partial charge on any atom is -0.394 e. The molecule has 0 aliphatic rings. The predicted molar refractivity (Wildman–Crippen MR) is 210 cm³/mol. The van der Waals surface area contributed by atoms with Gasteiger partial charge in [-0.15, -0.1) is 0 Å². The van der Waals surface area contributed by atoms with E-state index in [2.05, 4.69) is 16.0 Å². The van der Waals surface area contributed by atoms with Gasteiger partial charge in [0, 0.05) is 33.5 Å². The molecule has 0 saturated carbocycles. The fraction of sp³-hybridized carbons (Fsp3) is 0.390. The van der Waals surface area contributed by atoms with Crippen molar-refractivity contribution >= 4 is 41.4 Å². The lowest BCUT2D eigenvalue weighted by atomic mass is 10.0. The number of rotatable bonds is 22. The van der Waals surface area contributed by atoms with Crippen molar-refractivity contribution < 1.29 is 43.4 Å². The van der Waals surface area contributed by atoms with E-state index in [0.29, 0.717) is 11.1 Å². The summed E-state index contributed by atoms with van der Waals surface area (Å²) in [5, 5.41) is 17.7. The molecule has 7 amide bonds. The van der Waals surface area contributed by atoms with Crippen LogP contribution in [0.5, 0.6) is 0 Å². The van der Waals surface area contributed by atoms with E-state index in [4.69, 9.17) is 10.5 Å². The van der Waals surface area contributed by atoms with Crippen molar-refractivity contribution in [1.29, 1.82) is 0 Å². The van der Waals surface area contributed by atoms with Crippen molar-refractivity contribution in [2.75, 3.05) is 46.5 Å². The number of nitrogens with two attached hydrogens (primary N) is 1. The smallest absolute Gasteiger partial charge is 0.245 e. The fourth-order valence-corrected chi connectivity index (χ4v) is 5.76. The fourth-order valence-electron chi connectivity index (χ4n) is 5.76. The Labute approximate surface area is 332 Å². The van der Waals surface area contributed by atoms with Crippen LogP contribution in [0.1, 0.15) is 43.5 Å². The first-order valence-corrected chi connectivity index (χ1v) is 18.5. The highest BCUT2D eigenvalue weighted by Crippen LogP contribution is 2.21. The van der Waals surface area contributed by atoms with E-state index in [-0.39, 0.29) is 38.6 Å². The van der Waals surface area contributed by atoms with Gasteiger partial charge in [0.1, 0.15) is 31.2 Å². The molecular formula is C41H53N7O9. The number of nitrogens with zero attached hydrogens (tertiary/aromatic N) is 3. The SMILES string of the molecule is COCCN(CC(=O)N(CC(=O)N(CC(=O)NC(CO)C(=O)NC(Cc1ccccc1)C(=O)NC(C)C(N)=O)C(C)c1ccccc1)Cc1ccccc1)C(C)=O. The zero-order chi connectivity index (χ0) is 41.9. The Balaban J connectivity index is 1.85. The van der Waals surface area contributed by atoms with Crippen LogP contribution in [0.4, 0.5) is 0 Å². The van der Waals surface area contributed by atoms with E-state index in [1.165, 1.54) is 35.7 Å². The second kappa shape index (κ2) is 23.1. The molecule has 4 unspecified atom stereocenters. The summed E-state index contributed by atoms with van der Waals surface area (Å²) in [7, 11) is 1.48. The summed E-state index contributed by atoms with van der Waals surface area (Å²) < 4.78 is 5.10. The van der Waals surface area contributed by atoms with Gasteiger partial charge < -0.3 is 46.2 Å². The second-order valence-corrected chi connectivity index (χ2v) is 13.5. The molecule has 57 heavy (non-hydrogen) atoms. The molecular weight excluding hydrogens is 734 g/mol. The number of carbonyl (C=O) groups is 7. The van der Waals surface area contributed by atoms with Crippen LogP contribution >= 0.6 is 0 Å². The molecule has 3 aromatic rings. The Morgan fingerprint density at radius 1 is 0.702 bits per heavy atom. The molecule has 0 fully saturated rings. The van der Waals surface area contributed by atoms with Gasteiger partial charge in [-0.1, -0.05) is 91.0 Å². The highest BCUT2D eigenvalue weighted by molar-refractivity contribution is 5.95. The second-order valence-electron chi connectivity index (χ2n) is 13.5. The van der Waals surface area contributed by atoms with Crippen molar-refractivity contribution in [3.63, 3.8) is 0 Å². The zero-order valence-electron chi connectivity index (χ0n) is 32.8. The quantitative estimate of drug-likeness (QED) is 0.0944. The molecule has 3 aromatic carbocycles. The molecule has 16 heteroatoms. The molecule has 0 heterocycles.